The summed E-state index contributed by atoms with van der Waals surface area (Å²) in [6.45, 7) is 1.89. The van der Waals surface area contributed by atoms with Crippen molar-refractivity contribution >= 4 is 31.9 Å². The minimum atomic E-state index is -6.09. The zero-order valence-corrected chi connectivity index (χ0v) is 19.0. The van der Waals surface area contributed by atoms with Gasteiger partial charge in [-0.25, -0.2) is 26.6 Å². The van der Waals surface area contributed by atoms with Crippen LogP contribution in [0.15, 0.2) is 43.0 Å². The topological polar surface area (TPSA) is 143 Å². The summed E-state index contributed by atoms with van der Waals surface area (Å²) in [6, 6.07) is 6.27. The third kappa shape index (κ3) is 9.06. The molecule has 194 valence electrons. The van der Waals surface area contributed by atoms with E-state index in [4.69, 9.17) is 30.9 Å². The number of hydrogen-bond acceptors (Lipinski definition) is 9. The summed E-state index contributed by atoms with van der Waals surface area (Å²) in [5.41, 5.74) is -11.3. The molecule has 0 spiro atoms. The number of nitrogens with one attached hydrogen (secondary N) is 2. The number of nitrogens with zero attached hydrogens (tertiary/aromatic N) is 3. The van der Waals surface area contributed by atoms with E-state index in [-0.39, 0.29) is 0 Å². The number of rotatable bonds is 2. The second-order valence-electron chi connectivity index (χ2n) is 6.72. The van der Waals surface area contributed by atoms with Crippen molar-refractivity contribution in [3.63, 3.8) is 0 Å². The van der Waals surface area contributed by atoms with E-state index < -0.39 is 31.3 Å². The van der Waals surface area contributed by atoms with Crippen molar-refractivity contribution in [3.8, 4) is 0 Å². The zero-order chi connectivity index (χ0) is 26.5. The van der Waals surface area contributed by atoms with Gasteiger partial charge in [-0.2, -0.15) is 26.3 Å². The lowest BCUT2D eigenvalue weighted by molar-refractivity contribution is -0.789. The van der Waals surface area contributed by atoms with Crippen LogP contribution in [0.3, 0.4) is 0 Å². The zero-order valence-electron chi connectivity index (χ0n) is 17.3. The van der Waals surface area contributed by atoms with Crippen LogP contribution in [-0.4, -0.2) is 79.2 Å². The Labute approximate surface area is 190 Å². The highest BCUT2D eigenvalue weighted by atomic mass is 32.2. The number of alkyl halides is 6. The van der Waals surface area contributed by atoms with Crippen LogP contribution in [0.4, 0.5) is 38.0 Å². The molecule has 0 amide bonds. The maximum atomic E-state index is 10.7. The summed E-state index contributed by atoms with van der Waals surface area (Å²) >= 11 is 0. The fourth-order valence-corrected chi connectivity index (χ4v) is 2.31. The minimum absolute atomic E-state index is 0.946. The monoisotopic (exact) mass is 543 g/mol. The van der Waals surface area contributed by atoms with Gasteiger partial charge in [-0.3, -0.25) is 0 Å². The molecule has 11 nitrogen and oxygen atoms in total. The highest BCUT2D eigenvalue weighted by Crippen LogP contribution is 2.21. The van der Waals surface area contributed by atoms with Crippen LogP contribution in [0.1, 0.15) is 0 Å². The first-order valence-electron chi connectivity index (χ1n) is 8.73. The number of pyridine rings is 1. The Morgan fingerprint density at radius 3 is 1.29 bits per heavy atom. The van der Waals surface area contributed by atoms with Gasteiger partial charge in [0.25, 0.3) is 0 Å². The van der Waals surface area contributed by atoms with Gasteiger partial charge in [0.05, 0.1) is 12.4 Å². The molecule has 0 aromatic carbocycles. The number of hydrogen-bond donors (Lipinski definition) is 2. The molecule has 19 heteroatoms. The molecule has 34 heavy (non-hydrogen) atoms. The second kappa shape index (κ2) is 10.9. The predicted molar refractivity (Wildman–Crippen MR) is 101 cm³/mol. The van der Waals surface area contributed by atoms with Gasteiger partial charge in [0.1, 0.15) is 12.4 Å². The van der Waals surface area contributed by atoms with Crippen LogP contribution in [0.5, 0.6) is 0 Å². The third-order valence-corrected chi connectivity index (χ3v) is 5.01. The highest BCUT2D eigenvalue weighted by Gasteiger charge is 2.37. The maximum absolute atomic E-state index is 10.7. The van der Waals surface area contributed by atoms with Gasteiger partial charge in [-0.1, -0.05) is 0 Å². The molecule has 0 saturated heterocycles. The number of aromatic nitrogens is 1. The maximum Gasteiger partial charge on any atom is 0.485 e. The number of quaternary nitrogens is 2. The van der Waals surface area contributed by atoms with Gasteiger partial charge in [-0.05, 0) is 6.07 Å². The first-order valence-corrected chi connectivity index (χ1v) is 11.5. The molecule has 2 aliphatic heterocycles. The molecular formula is C15H19F6N5O6S2. The first kappa shape index (κ1) is 29.6. The molecule has 1 aromatic heterocycles. The van der Waals surface area contributed by atoms with E-state index in [0.29, 0.717) is 0 Å². The Morgan fingerprint density at radius 2 is 1.09 bits per heavy atom. The molecule has 0 radical (unpaired) electrons. The lowest BCUT2D eigenvalue weighted by Gasteiger charge is -2.14. The average molecular weight is 543 g/mol. The van der Waals surface area contributed by atoms with Crippen LogP contribution in [-0.2, 0) is 20.2 Å². The lowest BCUT2D eigenvalue weighted by Crippen LogP contribution is -3.04. The Hall–Kier alpha value is -2.45. The highest BCUT2D eigenvalue weighted by molar-refractivity contribution is 7.86. The van der Waals surface area contributed by atoms with E-state index in [0.717, 1.165) is 25.0 Å². The quantitative estimate of drug-likeness (QED) is 0.272. The van der Waals surface area contributed by atoms with E-state index in [2.05, 4.69) is 66.9 Å². The van der Waals surface area contributed by atoms with Crippen LogP contribution in [0.25, 0.3) is 0 Å². The summed E-state index contributed by atoms with van der Waals surface area (Å²) in [7, 11) is -8.02. The van der Waals surface area contributed by atoms with Crippen LogP contribution >= 0.6 is 0 Å². The summed E-state index contributed by atoms with van der Waals surface area (Å²) < 4.78 is 118. The van der Waals surface area contributed by atoms with Crippen LogP contribution in [0.2, 0.25) is 0 Å². The third-order valence-electron chi connectivity index (χ3n) is 3.87. The molecule has 2 atom stereocenters. The first-order chi connectivity index (χ1) is 15.2. The Bertz CT molecular complexity index is 1020. The van der Waals surface area contributed by atoms with Crippen molar-refractivity contribution in [3.05, 3.63) is 43.0 Å². The van der Waals surface area contributed by atoms with E-state index in [1.807, 2.05) is 0 Å². The van der Waals surface area contributed by atoms with Gasteiger partial charge >= 0.3 is 11.0 Å². The molecule has 2 N–H and O–H groups in total. The smallest absolute Gasteiger partial charge is 0.485 e. The van der Waals surface area contributed by atoms with Crippen molar-refractivity contribution in [2.45, 2.75) is 11.0 Å². The van der Waals surface area contributed by atoms with Gasteiger partial charge in [0, 0.05) is 26.2 Å². The van der Waals surface area contributed by atoms with Gasteiger partial charge in [0.15, 0.2) is 33.6 Å². The van der Waals surface area contributed by atoms with Crippen molar-refractivity contribution in [2.75, 3.05) is 27.4 Å². The summed E-state index contributed by atoms with van der Waals surface area (Å²) in [5, 5.41) is 0. The molecule has 0 aliphatic carbocycles. The molecule has 0 saturated carbocycles. The van der Waals surface area contributed by atoms with Crippen molar-refractivity contribution in [2.24, 2.45) is 0 Å². The second-order valence-corrected chi connectivity index (χ2v) is 9.46. The lowest BCUT2D eigenvalue weighted by atomic mass is 10.4. The standard InChI is InChI=1S/C13H17N5.2CHF3O3S/c1-15-6-8-17(10-15)12-4-3-5-13(14-12)18-9-7-16(2)11-18;2*2-1(3,4)8(5,6)7/h3-9H,10-11H2,1-2H3;2*(H,5,6,7). The Kier molecular flexibility index (Phi) is 9.45. The molecule has 0 fully saturated rings. The van der Waals surface area contributed by atoms with Gasteiger partial charge in [-0.15, -0.1) is 4.98 Å². The summed E-state index contributed by atoms with van der Waals surface area (Å²) in [5.74, 6) is 2.17. The van der Waals surface area contributed by atoms with Crippen molar-refractivity contribution in [1.82, 2.24) is 14.8 Å². The largest absolute Gasteiger partial charge is 0.741 e. The number of halogens is 6. The minimum Gasteiger partial charge on any atom is -0.741 e. The molecular weight excluding hydrogens is 524 g/mol. The van der Waals surface area contributed by atoms with Crippen molar-refractivity contribution < 1.29 is 62.1 Å². The summed E-state index contributed by atoms with van der Waals surface area (Å²) in [6.07, 6.45) is 8.49. The molecule has 2 unspecified atom stereocenters. The van der Waals surface area contributed by atoms with Gasteiger partial charge in [0.2, 0.25) is 11.6 Å². The molecule has 0 bridgehead atoms. The van der Waals surface area contributed by atoms with E-state index in [1.165, 1.54) is 9.80 Å². The molecule has 3 heterocycles. The molecule has 3 rings (SSSR count). The Morgan fingerprint density at radius 1 is 0.794 bits per heavy atom. The normalized spacial score (nSPS) is 20.5. The van der Waals surface area contributed by atoms with E-state index in [9.17, 15) is 26.3 Å². The van der Waals surface area contributed by atoms with Crippen LogP contribution in [0, 0.1) is 0 Å². The summed E-state index contributed by atoms with van der Waals surface area (Å²) in [4.78, 5) is 11.7. The SMILES string of the molecule is CN1C=C[NH+](c2cccc([NH+]3C=CN(C)C3)n2)C1.O=S(=O)([O-])C(F)(F)F.O=S(=O)([O-])C(F)(F)F. The van der Waals surface area contributed by atoms with E-state index in [1.54, 1.807) is 0 Å². The molecule has 2 aliphatic rings. The predicted octanol–water partition coefficient (Wildman–Crippen LogP) is -1.03. The molecule has 1 aromatic rings. The van der Waals surface area contributed by atoms with Crippen LogP contribution < -0.4 is 9.80 Å². The fourth-order valence-electron chi connectivity index (χ4n) is 2.31. The van der Waals surface area contributed by atoms with Crippen molar-refractivity contribution in [1.29, 1.82) is 0 Å². The average Bonchev–Trinajstić information content (AvgIpc) is 3.28. The fraction of sp³-hybridized carbons (Fsp3) is 0.400. The van der Waals surface area contributed by atoms with Gasteiger partial charge < -0.3 is 18.9 Å². The Balaban J connectivity index is 0.000000304. The van der Waals surface area contributed by atoms with E-state index >= 15 is 0 Å².